The molecule has 2 unspecified atom stereocenters. The topological polar surface area (TPSA) is 12.9 Å². The molecule has 0 radical (unpaired) electrons. The van der Waals surface area contributed by atoms with Crippen molar-refractivity contribution in [1.29, 1.82) is 0 Å². The minimum Gasteiger partial charge on any atom is -0.248 e. The molecule has 13 rings (SSSR count). The highest BCUT2D eigenvalue weighted by Crippen LogP contribution is 2.65. The molecule has 3 aliphatic carbocycles. The number of benzene rings is 9. The average molecular weight is 774 g/mol. The van der Waals surface area contributed by atoms with Crippen molar-refractivity contribution < 1.29 is 0 Å². The van der Waals surface area contributed by atoms with E-state index >= 15 is 0 Å². The van der Waals surface area contributed by atoms with Crippen LogP contribution < -0.4 is 0 Å². The van der Waals surface area contributed by atoms with Crippen molar-refractivity contribution in [1.82, 2.24) is 4.98 Å². The van der Waals surface area contributed by atoms with Gasteiger partial charge in [-0.25, -0.2) is 4.98 Å². The van der Waals surface area contributed by atoms with E-state index in [1.807, 2.05) is 0 Å². The molecule has 10 aromatic rings. The summed E-state index contributed by atoms with van der Waals surface area (Å²) < 4.78 is 0. The van der Waals surface area contributed by atoms with Gasteiger partial charge in [-0.05, 0) is 106 Å². The lowest BCUT2D eigenvalue weighted by Gasteiger charge is -2.37. The number of fused-ring (bicyclic) bond motifs is 16. The molecule has 1 spiro atoms. The van der Waals surface area contributed by atoms with E-state index in [4.69, 9.17) is 4.98 Å². The van der Waals surface area contributed by atoms with Crippen molar-refractivity contribution in [2.24, 2.45) is 5.92 Å². The number of nitrogens with zero attached hydrogens (tertiary/aromatic N) is 1. The number of pyridine rings is 1. The van der Waals surface area contributed by atoms with Gasteiger partial charge in [0.25, 0.3) is 0 Å². The number of allylic oxidation sites excluding steroid dienone is 4. The van der Waals surface area contributed by atoms with Crippen LogP contribution in [0, 0.1) is 5.92 Å². The van der Waals surface area contributed by atoms with Gasteiger partial charge >= 0.3 is 0 Å². The zero-order valence-electron chi connectivity index (χ0n) is 33.5. The summed E-state index contributed by atoms with van der Waals surface area (Å²) in [5.74, 6) is 0.490. The SMILES string of the molecule is C1=CC2c3ccccc3C3(c4ccccc4-c4ccccc43)C2C=C1c1cccc2c3ccccc3c3cc(-c4cc(-c5ccccc5)nc(-c5ccccc5)c4)ccc3c12. The predicted molar refractivity (Wildman–Crippen MR) is 255 cm³/mol. The van der Waals surface area contributed by atoms with Crippen LogP contribution in [0.25, 0.3) is 82.7 Å². The first-order chi connectivity index (χ1) is 30.3. The van der Waals surface area contributed by atoms with Gasteiger partial charge in [0.15, 0.2) is 0 Å². The number of rotatable bonds is 4. The molecule has 3 aliphatic rings. The number of hydrogen-bond donors (Lipinski definition) is 0. The summed E-state index contributed by atoms with van der Waals surface area (Å²) in [6.45, 7) is 0. The Morgan fingerprint density at radius 3 is 1.61 bits per heavy atom. The molecule has 1 aromatic heterocycles. The van der Waals surface area contributed by atoms with Gasteiger partial charge in [0, 0.05) is 23.0 Å². The van der Waals surface area contributed by atoms with E-state index in [0.717, 1.165) is 28.1 Å². The number of hydrogen-bond acceptors (Lipinski definition) is 1. The summed E-state index contributed by atoms with van der Waals surface area (Å²) in [5.41, 5.74) is 17.2. The Hall–Kier alpha value is -7.61. The van der Waals surface area contributed by atoms with Gasteiger partial charge in [-0.2, -0.15) is 0 Å². The van der Waals surface area contributed by atoms with Crippen molar-refractivity contribution >= 4 is 37.9 Å². The molecule has 0 saturated carbocycles. The van der Waals surface area contributed by atoms with E-state index in [1.165, 1.54) is 82.4 Å². The van der Waals surface area contributed by atoms with Gasteiger partial charge in [-0.1, -0.05) is 206 Å². The average Bonchev–Trinajstić information content (AvgIpc) is 3.81. The van der Waals surface area contributed by atoms with Crippen LogP contribution in [0.4, 0.5) is 0 Å². The van der Waals surface area contributed by atoms with Gasteiger partial charge < -0.3 is 0 Å². The molecule has 0 amide bonds. The second-order valence-electron chi connectivity index (χ2n) is 16.9. The van der Waals surface area contributed by atoms with Crippen LogP contribution >= 0.6 is 0 Å². The van der Waals surface area contributed by atoms with Crippen LogP contribution in [0.15, 0.2) is 224 Å². The maximum Gasteiger partial charge on any atom is 0.0715 e. The highest BCUT2D eigenvalue weighted by Gasteiger charge is 2.57. The summed E-state index contributed by atoms with van der Waals surface area (Å²) in [6, 6.07) is 76.1. The molecule has 0 fully saturated rings. The van der Waals surface area contributed by atoms with Crippen molar-refractivity contribution in [3.63, 3.8) is 0 Å². The molecule has 0 bridgehead atoms. The van der Waals surface area contributed by atoms with Crippen LogP contribution in [-0.4, -0.2) is 4.98 Å². The van der Waals surface area contributed by atoms with Crippen LogP contribution in [0.3, 0.4) is 0 Å². The molecule has 0 aliphatic heterocycles. The van der Waals surface area contributed by atoms with Crippen molar-refractivity contribution in [3.05, 3.63) is 252 Å². The van der Waals surface area contributed by atoms with Crippen LogP contribution in [0.5, 0.6) is 0 Å². The smallest absolute Gasteiger partial charge is 0.0715 e. The molecule has 0 saturated heterocycles. The Labute approximate surface area is 355 Å². The Kier molecular flexibility index (Phi) is 7.41. The maximum atomic E-state index is 5.19. The first kappa shape index (κ1) is 34.3. The quantitative estimate of drug-likeness (QED) is 0.162. The Morgan fingerprint density at radius 1 is 0.377 bits per heavy atom. The summed E-state index contributed by atoms with van der Waals surface area (Å²) in [5, 5.41) is 7.66. The highest BCUT2D eigenvalue weighted by atomic mass is 14.7. The van der Waals surface area contributed by atoms with Crippen LogP contribution in [-0.2, 0) is 5.41 Å². The third-order valence-electron chi connectivity index (χ3n) is 13.9. The maximum absolute atomic E-state index is 5.19. The second-order valence-corrected chi connectivity index (χ2v) is 16.9. The monoisotopic (exact) mass is 773 g/mol. The van der Waals surface area contributed by atoms with E-state index in [2.05, 4.69) is 224 Å². The molecule has 1 heteroatoms. The van der Waals surface area contributed by atoms with Gasteiger partial charge in [0.05, 0.1) is 16.8 Å². The van der Waals surface area contributed by atoms with Crippen LogP contribution in [0.1, 0.15) is 33.7 Å². The van der Waals surface area contributed by atoms with E-state index in [0.29, 0.717) is 0 Å². The lowest BCUT2D eigenvalue weighted by Crippen LogP contribution is -2.33. The fourth-order valence-corrected chi connectivity index (χ4v) is 11.4. The van der Waals surface area contributed by atoms with Gasteiger partial charge in [0.2, 0.25) is 0 Å². The molecule has 61 heavy (non-hydrogen) atoms. The van der Waals surface area contributed by atoms with E-state index < -0.39 is 0 Å². The van der Waals surface area contributed by atoms with Gasteiger partial charge in [-0.15, -0.1) is 0 Å². The fraction of sp³-hybridized carbons (Fsp3) is 0.0500. The van der Waals surface area contributed by atoms with Crippen molar-refractivity contribution in [2.75, 3.05) is 0 Å². The van der Waals surface area contributed by atoms with Crippen molar-refractivity contribution in [3.8, 4) is 44.8 Å². The third-order valence-corrected chi connectivity index (χ3v) is 13.9. The molecular weight excluding hydrogens is 735 g/mol. The van der Waals surface area contributed by atoms with E-state index in [9.17, 15) is 0 Å². The summed E-state index contributed by atoms with van der Waals surface area (Å²) in [7, 11) is 0. The van der Waals surface area contributed by atoms with E-state index in [-0.39, 0.29) is 17.3 Å². The zero-order chi connectivity index (χ0) is 40.1. The Morgan fingerprint density at radius 2 is 0.918 bits per heavy atom. The lowest BCUT2D eigenvalue weighted by atomic mass is 9.64. The molecule has 2 atom stereocenters. The van der Waals surface area contributed by atoms with Crippen LogP contribution in [0.2, 0.25) is 0 Å². The number of aromatic nitrogens is 1. The third kappa shape index (κ3) is 4.92. The highest BCUT2D eigenvalue weighted by molar-refractivity contribution is 6.28. The second kappa shape index (κ2) is 13.2. The molecule has 1 nitrogen and oxygen atoms in total. The Balaban J connectivity index is 1.03. The van der Waals surface area contributed by atoms with Gasteiger partial charge in [0.1, 0.15) is 0 Å². The van der Waals surface area contributed by atoms with Gasteiger partial charge in [-0.3, -0.25) is 0 Å². The molecule has 9 aromatic carbocycles. The lowest BCUT2D eigenvalue weighted by molar-refractivity contribution is 0.467. The molecule has 284 valence electrons. The largest absolute Gasteiger partial charge is 0.248 e. The summed E-state index contributed by atoms with van der Waals surface area (Å²) in [6.07, 6.45) is 7.57. The van der Waals surface area contributed by atoms with Crippen molar-refractivity contribution in [2.45, 2.75) is 11.3 Å². The minimum atomic E-state index is -0.277. The zero-order valence-corrected chi connectivity index (χ0v) is 33.5. The summed E-state index contributed by atoms with van der Waals surface area (Å²) in [4.78, 5) is 5.19. The molecular formula is C60H39N. The minimum absolute atomic E-state index is 0.215. The fourth-order valence-electron chi connectivity index (χ4n) is 11.4. The predicted octanol–water partition coefficient (Wildman–Crippen LogP) is 15.2. The first-order valence-electron chi connectivity index (χ1n) is 21.5. The Bertz CT molecular complexity index is 3380. The first-order valence-corrected chi connectivity index (χ1v) is 21.5. The molecule has 0 N–H and O–H groups in total. The van der Waals surface area contributed by atoms with E-state index in [1.54, 1.807) is 0 Å². The molecule has 1 heterocycles. The normalized spacial score (nSPS) is 16.7. The summed E-state index contributed by atoms with van der Waals surface area (Å²) >= 11 is 0. The standard InChI is InChI=1S/C60H39N/c1-3-16-38(17-4-1)57-36-42(37-58(61-57)39-18-5-2-6-19-39)40-30-33-51-52(34-40)45-21-8-7-20-44(45)50-26-15-25-43(59(50)51)41-31-32-49-48-24-11-14-29-55(48)60(56(49)35-41)53-27-12-9-22-46(53)47-23-10-13-28-54(47)60/h1-37,49,56H.